The molecule has 1 aliphatic carbocycles. The van der Waals surface area contributed by atoms with E-state index < -0.39 is 12.0 Å². The predicted molar refractivity (Wildman–Crippen MR) is 76.9 cm³/mol. The van der Waals surface area contributed by atoms with Crippen molar-refractivity contribution in [2.24, 2.45) is 0 Å². The second-order valence-electron chi connectivity index (χ2n) is 5.32. The van der Waals surface area contributed by atoms with Crippen LogP contribution in [0.15, 0.2) is 6.33 Å². The lowest BCUT2D eigenvalue weighted by Crippen LogP contribution is -2.38. The van der Waals surface area contributed by atoms with Crippen molar-refractivity contribution in [1.82, 2.24) is 9.97 Å². The molecule has 2 heterocycles. The van der Waals surface area contributed by atoms with Gasteiger partial charge in [-0.3, -0.25) is 0 Å². The number of hydrogen-bond acceptors (Lipinski definition) is 6. The van der Waals surface area contributed by atoms with E-state index in [0.29, 0.717) is 11.7 Å². The number of carboxylic acids is 1. The van der Waals surface area contributed by atoms with Gasteiger partial charge in [0.2, 0.25) is 0 Å². The molecule has 1 N–H and O–H groups in total. The Morgan fingerprint density at radius 3 is 3.10 bits per heavy atom. The van der Waals surface area contributed by atoms with Crippen molar-refractivity contribution in [2.75, 3.05) is 5.32 Å². The number of nitrogens with one attached hydrogen (secondary N) is 1. The molecule has 0 spiro atoms. The van der Waals surface area contributed by atoms with Gasteiger partial charge in [0.1, 0.15) is 17.0 Å². The highest BCUT2D eigenvalue weighted by Gasteiger charge is 2.25. The van der Waals surface area contributed by atoms with Gasteiger partial charge in [-0.25, -0.2) is 9.97 Å². The third kappa shape index (κ3) is 2.14. The fourth-order valence-corrected chi connectivity index (χ4v) is 4.10. The van der Waals surface area contributed by atoms with Gasteiger partial charge < -0.3 is 15.2 Å². The highest BCUT2D eigenvalue weighted by atomic mass is 32.1. The number of thiophene rings is 1. The zero-order valence-electron chi connectivity index (χ0n) is 11.5. The molecule has 0 saturated carbocycles. The van der Waals surface area contributed by atoms with Gasteiger partial charge in [0.05, 0.1) is 17.4 Å². The van der Waals surface area contributed by atoms with Crippen LogP contribution in [-0.2, 0) is 11.2 Å². The number of aliphatic carboxylic acids is 1. The first-order chi connectivity index (χ1) is 9.58. The van der Waals surface area contributed by atoms with Gasteiger partial charge >= 0.3 is 0 Å². The summed E-state index contributed by atoms with van der Waals surface area (Å²) in [6.45, 7) is 3.77. The minimum atomic E-state index is -1.13. The SMILES string of the molecule is C[C@H](Nc1ncnc2sc3c(c12)[C@H](C)CCC3)C(=O)[O-]. The van der Waals surface area contributed by atoms with Gasteiger partial charge in [-0.1, -0.05) is 6.92 Å². The number of aromatic nitrogens is 2. The van der Waals surface area contributed by atoms with Gasteiger partial charge in [0, 0.05) is 4.88 Å². The van der Waals surface area contributed by atoms with Crippen molar-refractivity contribution in [3.05, 3.63) is 16.8 Å². The largest absolute Gasteiger partial charge is 0.548 e. The number of aryl methyl sites for hydroxylation is 1. The third-order valence-corrected chi connectivity index (χ3v) is 5.02. The molecule has 1 aliphatic rings. The maximum atomic E-state index is 10.9. The number of rotatable bonds is 3. The summed E-state index contributed by atoms with van der Waals surface area (Å²) in [5.41, 5.74) is 1.30. The molecule has 0 amide bonds. The molecule has 0 unspecified atom stereocenters. The van der Waals surface area contributed by atoms with E-state index in [4.69, 9.17) is 0 Å². The zero-order valence-corrected chi connectivity index (χ0v) is 12.3. The molecule has 0 saturated heterocycles. The number of carboxylic acid groups (broad SMARTS) is 1. The molecule has 3 rings (SSSR count). The summed E-state index contributed by atoms with van der Waals surface area (Å²) in [5.74, 6) is -0.0517. The molecule has 2 aromatic heterocycles. The van der Waals surface area contributed by atoms with Gasteiger partial charge in [-0.2, -0.15) is 0 Å². The molecule has 6 heteroatoms. The first-order valence-corrected chi connectivity index (χ1v) is 7.63. The van der Waals surface area contributed by atoms with Crippen LogP contribution in [0.1, 0.15) is 43.0 Å². The number of carbonyl (C=O) groups excluding carboxylic acids is 1. The standard InChI is InChI=1S/C14H17N3O2S/c1-7-4-3-5-9-10(7)11-12(17-8(2)14(18)19)15-6-16-13(11)20-9/h6-8H,3-5H2,1-2H3,(H,18,19)(H,15,16,17)/p-1/t7-,8+/m1/s1. The summed E-state index contributed by atoms with van der Waals surface area (Å²) in [4.78, 5) is 21.8. The van der Waals surface area contributed by atoms with E-state index in [9.17, 15) is 9.90 Å². The molecule has 2 aromatic rings. The van der Waals surface area contributed by atoms with E-state index >= 15 is 0 Å². The first-order valence-electron chi connectivity index (χ1n) is 6.81. The summed E-state index contributed by atoms with van der Waals surface area (Å²) in [5, 5.41) is 14.8. The Morgan fingerprint density at radius 1 is 1.55 bits per heavy atom. The molecule has 5 nitrogen and oxygen atoms in total. The predicted octanol–water partition coefficient (Wildman–Crippen LogP) is 1.68. The number of nitrogens with zero attached hydrogens (tertiary/aromatic N) is 2. The van der Waals surface area contributed by atoms with Crippen LogP contribution < -0.4 is 10.4 Å². The van der Waals surface area contributed by atoms with Crippen molar-refractivity contribution in [1.29, 1.82) is 0 Å². The van der Waals surface area contributed by atoms with E-state index in [-0.39, 0.29) is 0 Å². The Morgan fingerprint density at radius 2 is 2.35 bits per heavy atom. The minimum absolute atomic E-state index is 0.470. The highest BCUT2D eigenvalue weighted by molar-refractivity contribution is 7.19. The fourth-order valence-electron chi connectivity index (χ4n) is 2.79. The van der Waals surface area contributed by atoms with Crippen LogP contribution in [0.25, 0.3) is 10.2 Å². The van der Waals surface area contributed by atoms with Crippen LogP contribution in [-0.4, -0.2) is 22.0 Å². The first kappa shape index (κ1) is 13.3. The summed E-state index contributed by atoms with van der Waals surface area (Å²) < 4.78 is 0. The van der Waals surface area contributed by atoms with Crippen LogP contribution in [0.3, 0.4) is 0 Å². The molecule has 0 aliphatic heterocycles. The number of carbonyl (C=O) groups is 1. The molecule has 20 heavy (non-hydrogen) atoms. The maximum Gasteiger partial charge on any atom is 0.138 e. The molecule has 2 atom stereocenters. The van der Waals surface area contributed by atoms with Crippen LogP contribution in [0.2, 0.25) is 0 Å². The van der Waals surface area contributed by atoms with Crippen LogP contribution in [0, 0.1) is 0 Å². The molecule has 0 bridgehead atoms. The second kappa shape index (κ2) is 5.01. The van der Waals surface area contributed by atoms with Gasteiger partial charge in [-0.15, -0.1) is 11.3 Å². The Bertz CT molecular complexity index is 668. The molecular weight excluding hydrogens is 274 g/mol. The number of hydrogen-bond donors (Lipinski definition) is 1. The summed E-state index contributed by atoms with van der Waals surface area (Å²) in [6, 6.07) is -0.775. The van der Waals surface area contributed by atoms with Gasteiger partial charge in [-0.05, 0) is 37.7 Å². The Hall–Kier alpha value is -1.69. The molecule has 0 radical (unpaired) electrons. The van der Waals surface area contributed by atoms with E-state index in [1.165, 1.54) is 23.2 Å². The van der Waals surface area contributed by atoms with Crippen molar-refractivity contribution in [3.63, 3.8) is 0 Å². The lowest BCUT2D eigenvalue weighted by Gasteiger charge is -2.20. The maximum absolute atomic E-state index is 10.9. The summed E-state index contributed by atoms with van der Waals surface area (Å²) in [6.07, 6.45) is 4.92. The second-order valence-corrected chi connectivity index (χ2v) is 6.40. The molecule has 0 fully saturated rings. The van der Waals surface area contributed by atoms with Crippen molar-refractivity contribution < 1.29 is 9.90 Å². The third-order valence-electron chi connectivity index (χ3n) is 3.84. The number of anilines is 1. The van der Waals surface area contributed by atoms with Crippen molar-refractivity contribution in [2.45, 2.75) is 45.1 Å². The lowest BCUT2D eigenvalue weighted by atomic mass is 9.87. The van der Waals surface area contributed by atoms with Crippen LogP contribution in [0.4, 0.5) is 5.82 Å². The van der Waals surface area contributed by atoms with E-state index in [1.807, 2.05) is 0 Å². The summed E-state index contributed by atoms with van der Waals surface area (Å²) >= 11 is 1.70. The minimum Gasteiger partial charge on any atom is -0.548 e. The van der Waals surface area contributed by atoms with E-state index in [1.54, 1.807) is 18.3 Å². The van der Waals surface area contributed by atoms with Gasteiger partial charge in [0.15, 0.2) is 0 Å². The quantitative estimate of drug-likeness (QED) is 0.930. The number of fused-ring (bicyclic) bond motifs is 3. The molecule has 0 aromatic carbocycles. The highest BCUT2D eigenvalue weighted by Crippen LogP contribution is 2.43. The topological polar surface area (TPSA) is 77.9 Å². The lowest BCUT2D eigenvalue weighted by molar-refractivity contribution is -0.306. The smallest absolute Gasteiger partial charge is 0.138 e. The van der Waals surface area contributed by atoms with Crippen molar-refractivity contribution in [3.8, 4) is 0 Å². The van der Waals surface area contributed by atoms with E-state index in [2.05, 4.69) is 22.2 Å². The fraction of sp³-hybridized carbons (Fsp3) is 0.500. The average Bonchev–Trinajstić information content (AvgIpc) is 2.79. The average molecular weight is 290 g/mol. The van der Waals surface area contributed by atoms with Crippen LogP contribution in [0.5, 0.6) is 0 Å². The normalized spacial score (nSPS) is 19.6. The van der Waals surface area contributed by atoms with Crippen LogP contribution >= 0.6 is 11.3 Å². The molecular formula is C14H16N3O2S-. The van der Waals surface area contributed by atoms with E-state index in [0.717, 1.165) is 23.1 Å². The summed E-state index contributed by atoms with van der Waals surface area (Å²) in [7, 11) is 0. The Labute approximate surface area is 121 Å². The monoisotopic (exact) mass is 290 g/mol. The molecule has 106 valence electrons. The Kier molecular flexibility index (Phi) is 3.33. The van der Waals surface area contributed by atoms with Crippen molar-refractivity contribution >= 4 is 33.3 Å². The zero-order chi connectivity index (χ0) is 14.3. The van der Waals surface area contributed by atoms with Gasteiger partial charge in [0.25, 0.3) is 0 Å². The Balaban J connectivity index is 2.13.